The first-order chi connectivity index (χ1) is 11.2. The van der Waals surface area contributed by atoms with Crippen molar-refractivity contribution in [2.24, 2.45) is 0 Å². The summed E-state index contributed by atoms with van der Waals surface area (Å²) in [6.45, 7) is 2.13. The van der Waals surface area contributed by atoms with E-state index in [2.05, 4.69) is 6.92 Å². The third kappa shape index (κ3) is 5.25. The topological polar surface area (TPSA) is 48.7 Å². The minimum Gasteiger partial charge on any atom is -0.467 e. The molecule has 4 heteroatoms. The van der Waals surface area contributed by atoms with Gasteiger partial charge in [-0.25, -0.2) is 4.79 Å². The predicted octanol–water partition coefficient (Wildman–Crippen LogP) is 4.31. The summed E-state index contributed by atoms with van der Waals surface area (Å²) in [5.74, 6) is 0.391. The van der Waals surface area contributed by atoms with E-state index in [0.717, 1.165) is 30.6 Å². The normalized spacial score (nSPS) is 13.5. The van der Waals surface area contributed by atoms with Crippen LogP contribution in [0.4, 0.5) is 0 Å². The Kier molecular flexibility index (Phi) is 6.88. The van der Waals surface area contributed by atoms with E-state index in [1.54, 1.807) is 6.26 Å². The number of rotatable bonds is 9. The van der Waals surface area contributed by atoms with Crippen molar-refractivity contribution in [2.45, 2.75) is 44.8 Å². The lowest BCUT2D eigenvalue weighted by Crippen LogP contribution is -2.29. The highest BCUT2D eigenvalue weighted by molar-refractivity contribution is 5.75. The van der Waals surface area contributed by atoms with Crippen LogP contribution in [-0.4, -0.2) is 19.2 Å². The Morgan fingerprint density at radius 2 is 1.96 bits per heavy atom. The number of methoxy groups -OCH3 is 1. The molecule has 2 atom stereocenters. The molecule has 0 fully saturated rings. The molecule has 0 aliphatic heterocycles. The number of carbonyl (C=O) groups is 1. The van der Waals surface area contributed by atoms with E-state index in [1.165, 1.54) is 7.11 Å². The maximum atomic E-state index is 12.1. The van der Waals surface area contributed by atoms with Crippen molar-refractivity contribution in [3.63, 3.8) is 0 Å². The van der Waals surface area contributed by atoms with Gasteiger partial charge in [0.1, 0.15) is 11.9 Å². The summed E-state index contributed by atoms with van der Waals surface area (Å²) in [7, 11) is 1.39. The summed E-state index contributed by atoms with van der Waals surface area (Å²) in [5, 5.41) is 0. The highest BCUT2D eigenvalue weighted by Gasteiger charge is 2.26. The van der Waals surface area contributed by atoms with Crippen LogP contribution in [0, 0.1) is 0 Å². The number of hydrogen-bond acceptors (Lipinski definition) is 4. The van der Waals surface area contributed by atoms with Gasteiger partial charge in [-0.05, 0) is 24.1 Å². The molecule has 0 bridgehead atoms. The average Bonchev–Trinajstić information content (AvgIpc) is 3.12. The zero-order valence-corrected chi connectivity index (χ0v) is 13.7. The van der Waals surface area contributed by atoms with E-state index in [-0.39, 0.29) is 12.1 Å². The van der Waals surface area contributed by atoms with Crippen LogP contribution >= 0.6 is 0 Å². The molecule has 2 aromatic rings. The molecule has 0 amide bonds. The second-order valence-electron chi connectivity index (χ2n) is 5.48. The van der Waals surface area contributed by atoms with E-state index in [9.17, 15) is 4.79 Å². The van der Waals surface area contributed by atoms with Crippen LogP contribution in [0.15, 0.2) is 53.1 Å². The maximum absolute atomic E-state index is 12.1. The summed E-state index contributed by atoms with van der Waals surface area (Å²) in [4.78, 5) is 12.1. The number of ether oxygens (including phenoxy) is 2. The lowest BCUT2D eigenvalue weighted by atomic mass is 10.1. The lowest BCUT2D eigenvalue weighted by molar-refractivity contribution is -0.159. The monoisotopic (exact) mass is 316 g/mol. The van der Waals surface area contributed by atoms with Gasteiger partial charge in [0, 0.05) is 6.42 Å². The minimum absolute atomic E-state index is 0.238. The third-order valence-electron chi connectivity index (χ3n) is 3.74. The number of furan rings is 1. The van der Waals surface area contributed by atoms with Gasteiger partial charge in [-0.2, -0.15) is 0 Å². The quantitative estimate of drug-likeness (QED) is 0.647. The zero-order valence-electron chi connectivity index (χ0n) is 13.7. The number of hydrogen-bond donors (Lipinski definition) is 0. The summed E-state index contributed by atoms with van der Waals surface area (Å²) in [6.07, 6.45) is 4.10. The van der Waals surface area contributed by atoms with Crippen LogP contribution in [0.3, 0.4) is 0 Å². The average molecular weight is 316 g/mol. The van der Waals surface area contributed by atoms with E-state index < -0.39 is 6.10 Å². The van der Waals surface area contributed by atoms with E-state index in [0.29, 0.717) is 6.42 Å². The molecule has 1 heterocycles. The fraction of sp³-hybridized carbons (Fsp3) is 0.421. The van der Waals surface area contributed by atoms with Crippen molar-refractivity contribution in [3.8, 4) is 0 Å². The second-order valence-corrected chi connectivity index (χ2v) is 5.48. The van der Waals surface area contributed by atoms with Gasteiger partial charge in [-0.15, -0.1) is 0 Å². The molecule has 2 rings (SSSR count). The van der Waals surface area contributed by atoms with Gasteiger partial charge in [0.05, 0.1) is 13.4 Å². The van der Waals surface area contributed by atoms with Crippen LogP contribution in [0.2, 0.25) is 0 Å². The van der Waals surface area contributed by atoms with Crippen LogP contribution in [0.1, 0.15) is 43.6 Å². The summed E-state index contributed by atoms with van der Waals surface area (Å²) in [6, 6.07) is 13.5. The standard InChI is InChI=1S/C19H24O4/c1-3-4-11-17(16-12-8-13-22-16)23-18(19(20)21-2)14-15-9-6-5-7-10-15/h5-10,12-13,17-18H,3-4,11,14H2,1-2H3/t17-,18-/m0/s1. The Labute approximate surface area is 137 Å². The van der Waals surface area contributed by atoms with Crippen molar-refractivity contribution in [1.29, 1.82) is 0 Å². The number of esters is 1. The van der Waals surface area contributed by atoms with Crippen molar-refractivity contribution >= 4 is 5.97 Å². The van der Waals surface area contributed by atoms with Gasteiger partial charge in [0.15, 0.2) is 6.10 Å². The first-order valence-corrected chi connectivity index (χ1v) is 8.05. The zero-order chi connectivity index (χ0) is 16.5. The Bertz CT molecular complexity index is 562. The molecule has 124 valence electrons. The van der Waals surface area contributed by atoms with Gasteiger partial charge in [0.25, 0.3) is 0 Å². The number of carbonyl (C=O) groups excluding carboxylic acids is 1. The first-order valence-electron chi connectivity index (χ1n) is 8.05. The van der Waals surface area contributed by atoms with Gasteiger partial charge in [-0.1, -0.05) is 50.1 Å². The molecule has 0 aliphatic carbocycles. The summed E-state index contributed by atoms with van der Waals surface area (Å²) in [5.41, 5.74) is 1.04. The molecular formula is C19H24O4. The van der Waals surface area contributed by atoms with Gasteiger partial charge >= 0.3 is 5.97 Å². The lowest BCUT2D eigenvalue weighted by Gasteiger charge is -2.22. The fourth-order valence-electron chi connectivity index (χ4n) is 2.49. The molecule has 0 radical (unpaired) electrons. The minimum atomic E-state index is -0.644. The summed E-state index contributed by atoms with van der Waals surface area (Å²) < 4.78 is 16.5. The van der Waals surface area contributed by atoms with Gasteiger partial charge < -0.3 is 13.9 Å². The molecule has 1 aromatic carbocycles. The molecule has 0 aliphatic rings. The largest absolute Gasteiger partial charge is 0.467 e. The third-order valence-corrected chi connectivity index (χ3v) is 3.74. The highest BCUT2D eigenvalue weighted by Crippen LogP contribution is 2.27. The molecule has 0 saturated heterocycles. The van der Waals surface area contributed by atoms with Crippen LogP contribution in [0.5, 0.6) is 0 Å². The molecule has 1 aromatic heterocycles. The summed E-state index contributed by atoms with van der Waals surface area (Å²) >= 11 is 0. The highest BCUT2D eigenvalue weighted by atomic mass is 16.6. The second kappa shape index (κ2) is 9.16. The first kappa shape index (κ1) is 17.3. The van der Waals surface area contributed by atoms with E-state index >= 15 is 0 Å². The molecule has 0 spiro atoms. The molecule has 23 heavy (non-hydrogen) atoms. The molecule has 4 nitrogen and oxygen atoms in total. The van der Waals surface area contributed by atoms with E-state index in [4.69, 9.17) is 13.9 Å². The smallest absolute Gasteiger partial charge is 0.335 e. The van der Waals surface area contributed by atoms with Crippen molar-refractivity contribution < 1.29 is 18.7 Å². The maximum Gasteiger partial charge on any atom is 0.335 e. The molecule has 0 N–H and O–H groups in total. The Morgan fingerprint density at radius 1 is 1.17 bits per heavy atom. The van der Waals surface area contributed by atoms with Gasteiger partial charge in [0.2, 0.25) is 0 Å². The van der Waals surface area contributed by atoms with Gasteiger partial charge in [-0.3, -0.25) is 0 Å². The Hall–Kier alpha value is -2.07. The molecular weight excluding hydrogens is 292 g/mol. The number of benzene rings is 1. The van der Waals surface area contributed by atoms with Crippen LogP contribution < -0.4 is 0 Å². The molecule has 0 saturated carbocycles. The SMILES string of the molecule is CCCC[C@H](O[C@@H](Cc1ccccc1)C(=O)OC)c1ccco1. The van der Waals surface area contributed by atoms with Crippen LogP contribution in [-0.2, 0) is 20.7 Å². The van der Waals surface area contributed by atoms with Crippen molar-refractivity contribution in [2.75, 3.05) is 7.11 Å². The Balaban J connectivity index is 2.11. The fourth-order valence-corrected chi connectivity index (χ4v) is 2.49. The number of unbranched alkanes of at least 4 members (excludes halogenated alkanes) is 1. The van der Waals surface area contributed by atoms with Crippen LogP contribution in [0.25, 0.3) is 0 Å². The van der Waals surface area contributed by atoms with Crippen molar-refractivity contribution in [1.82, 2.24) is 0 Å². The molecule has 0 unspecified atom stereocenters. The Morgan fingerprint density at radius 3 is 2.57 bits per heavy atom. The van der Waals surface area contributed by atoms with E-state index in [1.807, 2.05) is 42.5 Å². The van der Waals surface area contributed by atoms with Crippen molar-refractivity contribution in [3.05, 3.63) is 60.1 Å². The predicted molar refractivity (Wildman–Crippen MR) is 88.0 cm³/mol.